The van der Waals surface area contributed by atoms with Crippen LogP contribution in [0.5, 0.6) is 0 Å². The highest BCUT2D eigenvalue weighted by Crippen LogP contribution is 2.24. The fourth-order valence-corrected chi connectivity index (χ4v) is 4.06. The van der Waals surface area contributed by atoms with E-state index < -0.39 is 0 Å². The molecular formula is C21H18N8O2S. The summed E-state index contributed by atoms with van der Waals surface area (Å²) >= 11 is 1.31. The second-order valence-corrected chi connectivity index (χ2v) is 7.88. The molecule has 0 saturated heterocycles. The van der Waals surface area contributed by atoms with Gasteiger partial charge in [-0.05, 0) is 41.6 Å². The first kappa shape index (κ1) is 19.9. The Balaban J connectivity index is 1.43. The zero-order chi connectivity index (χ0) is 22.1. The molecule has 0 unspecified atom stereocenters. The van der Waals surface area contributed by atoms with Crippen molar-refractivity contribution >= 4 is 11.8 Å². The Hall–Kier alpha value is -3.99. The normalized spacial score (nSPS) is 11.2. The van der Waals surface area contributed by atoms with Crippen LogP contribution in [0, 0.1) is 6.92 Å². The van der Waals surface area contributed by atoms with E-state index in [0.29, 0.717) is 28.4 Å². The standard InChI is InChI=1S/C21H18N8O2S/c1-14-18(20(30)29(27(14)2)16-11-7-4-8-12-16)28-21(24-25-26-28)32-13-17-22-23-19(31-17)15-9-5-3-6-10-15/h3-12H,13H2,1-2H3. The molecule has 0 aliphatic carbocycles. The predicted octanol–water partition coefficient (Wildman–Crippen LogP) is 2.80. The second-order valence-electron chi connectivity index (χ2n) is 6.94. The third-order valence-corrected chi connectivity index (χ3v) is 5.89. The van der Waals surface area contributed by atoms with Crippen LogP contribution in [-0.2, 0) is 12.8 Å². The molecule has 0 aliphatic rings. The van der Waals surface area contributed by atoms with Gasteiger partial charge in [0.2, 0.25) is 16.9 Å². The Bertz CT molecular complexity index is 1420. The molecule has 32 heavy (non-hydrogen) atoms. The van der Waals surface area contributed by atoms with Gasteiger partial charge in [0.1, 0.15) is 0 Å². The minimum absolute atomic E-state index is 0.213. The highest BCUT2D eigenvalue weighted by molar-refractivity contribution is 7.98. The van der Waals surface area contributed by atoms with Crippen LogP contribution >= 0.6 is 11.8 Å². The Morgan fingerprint density at radius 3 is 2.44 bits per heavy atom. The van der Waals surface area contributed by atoms with Gasteiger partial charge in [0.15, 0.2) is 5.69 Å². The second kappa shape index (κ2) is 8.27. The number of para-hydroxylation sites is 1. The maximum absolute atomic E-state index is 13.3. The smallest absolute Gasteiger partial charge is 0.297 e. The van der Waals surface area contributed by atoms with Crippen molar-refractivity contribution in [3.8, 4) is 22.8 Å². The van der Waals surface area contributed by atoms with E-state index in [4.69, 9.17) is 4.42 Å². The highest BCUT2D eigenvalue weighted by Gasteiger charge is 2.22. The molecule has 160 valence electrons. The van der Waals surface area contributed by atoms with Crippen molar-refractivity contribution in [1.29, 1.82) is 0 Å². The van der Waals surface area contributed by atoms with Crippen molar-refractivity contribution in [2.75, 3.05) is 0 Å². The highest BCUT2D eigenvalue weighted by atomic mass is 32.2. The van der Waals surface area contributed by atoms with E-state index in [1.807, 2.05) is 74.6 Å². The quantitative estimate of drug-likeness (QED) is 0.366. The summed E-state index contributed by atoms with van der Waals surface area (Å²) in [4.78, 5) is 13.3. The van der Waals surface area contributed by atoms with Crippen molar-refractivity contribution in [1.82, 2.24) is 39.8 Å². The number of thioether (sulfide) groups is 1. The van der Waals surface area contributed by atoms with E-state index in [1.165, 1.54) is 16.4 Å². The van der Waals surface area contributed by atoms with Crippen LogP contribution in [0.3, 0.4) is 0 Å². The average molecular weight is 446 g/mol. The van der Waals surface area contributed by atoms with Gasteiger partial charge >= 0.3 is 0 Å². The van der Waals surface area contributed by atoms with Gasteiger partial charge in [-0.3, -0.25) is 9.48 Å². The average Bonchev–Trinajstić information content (AvgIpc) is 3.53. The molecule has 11 heteroatoms. The van der Waals surface area contributed by atoms with E-state index in [0.717, 1.165) is 16.9 Å². The summed E-state index contributed by atoms with van der Waals surface area (Å²) in [7, 11) is 1.83. The van der Waals surface area contributed by atoms with Crippen LogP contribution in [0.4, 0.5) is 0 Å². The van der Waals surface area contributed by atoms with Gasteiger partial charge in [0, 0.05) is 12.6 Å². The lowest BCUT2D eigenvalue weighted by molar-refractivity contribution is 0.528. The van der Waals surface area contributed by atoms with Crippen molar-refractivity contribution < 1.29 is 4.42 Å². The molecule has 3 heterocycles. The van der Waals surface area contributed by atoms with Gasteiger partial charge in [-0.15, -0.1) is 15.3 Å². The van der Waals surface area contributed by atoms with Gasteiger partial charge in [-0.25, -0.2) is 4.68 Å². The minimum Gasteiger partial charge on any atom is -0.420 e. The van der Waals surface area contributed by atoms with E-state index in [-0.39, 0.29) is 5.56 Å². The molecule has 3 aromatic heterocycles. The molecule has 0 saturated carbocycles. The fourth-order valence-electron chi connectivity index (χ4n) is 3.34. The molecule has 0 bridgehead atoms. The lowest BCUT2D eigenvalue weighted by Crippen LogP contribution is -2.22. The Labute approximate surface area is 186 Å². The molecule has 5 rings (SSSR count). The first-order valence-corrected chi connectivity index (χ1v) is 10.8. The number of aromatic nitrogens is 8. The van der Waals surface area contributed by atoms with Crippen LogP contribution in [0.25, 0.3) is 22.8 Å². The Kier molecular flexibility index (Phi) is 5.15. The molecular weight excluding hydrogens is 428 g/mol. The summed E-state index contributed by atoms with van der Waals surface area (Å²) in [5, 5.41) is 20.6. The van der Waals surface area contributed by atoms with Gasteiger partial charge in [-0.1, -0.05) is 48.2 Å². The molecule has 0 fully saturated rings. The zero-order valence-corrected chi connectivity index (χ0v) is 18.1. The third kappa shape index (κ3) is 3.52. The van der Waals surface area contributed by atoms with Crippen LogP contribution in [-0.4, -0.2) is 39.8 Å². The van der Waals surface area contributed by atoms with Crippen molar-refractivity contribution in [2.24, 2.45) is 7.05 Å². The van der Waals surface area contributed by atoms with Crippen molar-refractivity contribution in [3.05, 3.63) is 82.6 Å². The molecule has 0 N–H and O–H groups in total. The SMILES string of the molecule is Cc1c(-n2nnnc2SCc2nnc(-c3ccccc3)o2)c(=O)n(-c2ccccc2)n1C. The Morgan fingerprint density at radius 2 is 1.69 bits per heavy atom. The predicted molar refractivity (Wildman–Crippen MR) is 118 cm³/mol. The monoisotopic (exact) mass is 446 g/mol. The molecule has 2 aromatic carbocycles. The van der Waals surface area contributed by atoms with E-state index in [1.54, 1.807) is 9.36 Å². The van der Waals surface area contributed by atoms with Gasteiger partial charge < -0.3 is 4.42 Å². The Morgan fingerprint density at radius 1 is 0.969 bits per heavy atom. The van der Waals surface area contributed by atoms with Crippen LogP contribution in [0.2, 0.25) is 0 Å². The largest absolute Gasteiger partial charge is 0.420 e. The molecule has 10 nitrogen and oxygen atoms in total. The summed E-state index contributed by atoms with van der Waals surface area (Å²) in [5.41, 5.74) is 2.52. The lowest BCUT2D eigenvalue weighted by atomic mass is 10.2. The number of hydrogen-bond donors (Lipinski definition) is 0. The van der Waals surface area contributed by atoms with Gasteiger partial charge in [-0.2, -0.15) is 4.68 Å². The van der Waals surface area contributed by atoms with Gasteiger partial charge in [0.05, 0.1) is 17.1 Å². The molecule has 0 radical (unpaired) electrons. The van der Waals surface area contributed by atoms with E-state index >= 15 is 0 Å². The van der Waals surface area contributed by atoms with Crippen LogP contribution in [0.15, 0.2) is 75.0 Å². The molecule has 5 aromatic rings. The van der Waals surface area contributed by atoms with Crippen molar-refractivity contribution in [2.45, 2.75) is 17.8 Å². The van der Waals surface area contributed by atoms with Gasteiger partial charge in [0.25, 0.3) is 5.56 Å². The van der Waals surface area contributed by atoms with E-state index in [9.17, 15) is 4.79 Å². The number of benzene rings is 2. The summed E-state index contributed by atoms with van der Waals surface area (Å²) < 4.78 is 10.6. The lowest BCUT2D eigenvalue weighted by Gasteiger charge is -2.07. The maximum Gasteiger partial charge on any atom is 0.297 e. The molecule has 0 aliphatic heterocycles. The third-order valence-electron chi connectivity index (χ3n) is 4.99. The summed E-state index contributed by atoms with van der Waals surface area (Å²) in [6.45, 7) is 1.86. The minimum atomic E-state index is -0.213. The van der Waals surface area contributed by atoms with Crippen molar-refractivity contribution in [3.63, 3.8) is 0 Å². The zero-order valence-electron chi connectivity index (χ0n) is 17.3. The molecule has 0 spiro atoms. The van der Waals surface area contributed by atoms with E-state index in [2.05, 4.69) is 25.7 Å². The van der Waals surface area contributed by atoms with Crippen LogP contribution < -0.4 is 5.56 Å². The number of rotatable bonds is 6. The number of hydrogen-bond acceptors (Lipinski definition) is 8. The maximum atomic E-state index is 13.3. The van der Waals surface area contributed by atoms with Crippen LogP contribution in [0.1, 0.15) is 11.6 Å². The fraction of sp³-hybridized carbons (Fsp3) is 0.143. The summed E-state index contributed by atoms with van der Waals surface area (Å²) in [6.07, 6.45) is 0. The summed E-state index contributed by atoms with van der Waals surface area (Å²) in [5.74, 6) is 1.25. The summed E-state index contributed by atoms with van der Waals surface area (Å²) in [6, 6.07) is 19.0. The first-order chi connectivity index (χ1) is 15.6. The first-order valence-electron chi connectivity index (χ1n) is 9.77. The topological polar surface area (TPSA) is 109 Å². The number of nitrogens with zero attached hydrogens (tertiary/aromatic N) is 8. The molecule has 0 atom stereocenters. The number of tetrazole rings is 1. The molecule has 0 amide bonds.